The topological polar surface area (TPSA) is 51.3 Å². The van der Waals surface area contributed by atoms with Crippen LogP contribution in [-0.2, 0) is 4.74 Å². The van der Waals surface area contributed by atoms with Gasteiger partial charge in [0.25, 0.3) is 0 Å². The number of hydrogen-bond donors (Lipinski definition) is 1. The van der Waals surface area contributed by atoms with Crippen LogP contribution >= 0.6 is 0 Å². The van der Waals surface area contributed by atoms with E-state index in [0.717, 1.165) is 10.9 Å². The van der Waals surface area contributed by atoms with E-state index in [0.29, 0.717) is 11.3 Å². The molecule has 0 aliphatic heterocycles. The Kier molecular flexibility index (Phi) is 2.33. The number of methoxy groups -OCH3 is 2. The lowest BCUT2D eigenvalue weighted by molar-refractivity contribution is 0.0597. The number of carbonyl (C=O) groups is 1. The predicted octanol–water partition coefficient (Wildman–Crippen LogP) is 1.96. The molecule has 2 rings (SSSR count). The molecule has 1 aromatic heterocycles. The van der Waals surface area contributed by atoms with E-state index in [1.54, 1.807) is 12.3 Å². The molecule has 4 nitrogen and oxygen atoms in total. The third-order valence-electron chi connectivity index (χ3n) is 2.29. The predicted molar refractivity (Wildman–Crippen MR) is 56.2 cm³/mol. The van der Waals surface area contributed by atoms with E-state index in [-0.39, 0.29) is 0 Å². The minimum atomic E-state index is -0.394. The number of ether oxygens (including phenoxy) is 2. The zero-order valence-electron chi connectivity index (χ0n) is 8.53. The van der Waals surface area contributed by atoms with Gasteiger partial charge in [0, 0.05) is 17.1 Å². The summed E-state index contributed by atoms with van der Waals surface area (Å²) in [5.74, 6) is 0.149. The van der Waals surface area contributed by atoms with Crippen LogP contribution in [0.3, 0.4) is 0 Å². The number of fused-ring (bicyclic) bond motifs is 1. The summed E-state index contributed by atoms with van der Waals surface area (Å²) < 4.78 is 9.89. The van der Waals surface area contributed by atoms with Crippen molar-refractivity contribution in [1.82, 2.24) is 4.98 Å². The molecule has 0 fully saturated rings. The first kappa shape index (κ1) is 9.58. The van der Waals surface area contributed by atoms with E-state index in [2.05, 4.69) is 9.72 Å². The first-order valence-corrected chi connectivity index (χ1v) is 4.50. The summed E-state index contributed by atoms with van der Waals surface area (Å²) in [6.07, 6.45) is 1.80. The zero-order chi connectivity index (χ0) is 10.8. The Hall–Kier alpha value is -1.97. The Morgan fingerprint density at radius 1 is 1.27 bits per heavy atom. The van der Waals surface area contributed by atoms with Crippen LogP contribution in [0.15, 0.2) is 24.4 Å². The summed E-state index contributed by atoms with van der Waals surface area (Å²) in [6, 6.07) is 5.37. The lowest BCUT2D eigenvalue weighted by Crippen LogP contribution is -2.03. The van der Waals surface area contributed by atoms with Crippen molar-refractivity contribution in [3.63, 3.8) is 0 Å². The lowest BCUT2D eigenvalue weighted by atomic mass is 10.1. The maximum Gasteiger partial charge on any atom is 0.341 e. The van der Waals surface area contributed by atoms with Crippen LogP contribution < -0.4 is 4.74 Å². The Morgan fingerprint density at radius 3 is 2.73 bits per heavy atom. The van der Waals surface area contributed by atoms with Gasteiger partial charge in [-0.25, -0.2) is 4.79 Å². The summed E-state index contributed by atoms with van der Waals surface area (Å²) in [5.41, 5.74) is 1.37. The van der Waals surface area contributed by atoms with Crippen molar-refractivity contribution in [2.75, 3.05) is 14.2 Å². The van der Waals surface area contributed by atoms with Crippen LogP contribution in [-0.4, -0.2) is 25.2 Å². The van der Waals surface area contributed by atoms with Gasteiger partial charge in [0.1, 0.15) is 11.3 Å². The van der Waals surface area contributed by atoms with Crippen molar-refractivity contribution < 1.29 is 14.3 Å². The number of carbonyl (C=O) groups excluding carboxylic acids is 1. The summed E-state index contributed by atoms with van der Waals surface area (Å²) >= 11 is 0. The van der Waals surface area contributed by atoms with Crippen LogP contribution in [0.5, 0.6) is 5.75 Å². The molecule has 0 aliphatic carbocycles. The highest BCUT2D eigenvalue weighted by molar-refractivity contribution is 6.00. The SMILES string of the molecule is COC(=O)c1ccc2[nH]ccc2c1OC. The molecule has 1 heterocycles. The van der Waals surface area contributed by atoms with Gasteiger partial charge in [0.15, 0.2) is 0 Å². The van der Waals surface area contributed by atoms with Gasteiger partial charge in [0.05, 0.1) is 14.2 Å². The summed E-state index contributed by atoms with van der Waals surface area (Å²) in [7, 11) is 2.89. The molecule has 15 heavy (non-hydrogen) atoms. The molecule has 0 bridgehead atoms. The van der Waals surface area contributed by atoms with Gasteiger partial charge in [-0.05, 0) is 18.2 Å². The number of nitrogens with one attached hydrogen (secondary N) is 1. The van der Waals surface area contributed by atoms with Gasteiger partial charge in [-0.1, -0.05) is 0 Å². The second-order valence-electron chi connectivity index (χ2n) is 3.08. The lowest BCUT2D eigenvalue weighted by Gasteiger charge is -2.07. The fraction of sp³-hybridized carbons (Fsp3) is 0.182. The average molecular weight is 205 g/mol. The van der Waals surface area contributed by atoms with Crippen molar-refractivity contribution in [1.29, 1.82) is 0 Å². The molecule has 0 spiro atoms. The van der Waals surface area contributed by atoms with Crippen LogP contribution in [0.25, 0.3) is 10.9 Å². The van der Waals surface area contributed by atoms with E-state index in [1.165, 1.54) is 14.2 Å². The monoisotopic (exact) mass is 205 g/mol. The quantitative estimate of drug-likeness (QED) is 0.762. The van der Waals surface area contributed by atoms with Crippen molar-refractivity contribution in [2.45, 2.75) is 0 Å². The minimum absolute atomic E-state index is 0.394. The van der Waals surface area contributed by atoms with Crippen LogP contribution in [0.2, 0.25) is 0 Å². The molecular weight excluding hydrogens is 194 g/mol. The Balaban J connectivity index is 2.69. The van der Waals surface area contributed by atoms with Gasteiger partial charge in [-0.3, -0.25) is 0 Å². The maximum absolute atomic E-state index is 11.4. The fourth-order valence-electron chi connectivity index (χ4n) is 1.60. The van der Waals surface area contributed by atoms with Crippen molar-refractivity contribution in [3.8, 4) is 5.75 Å². The molecule has 0 atom stereocenters. The molecule has 2 aromatic rings. The van der Waals surface area contributed by atoms with E-state index in [9.17, 15) is 4.79 Å². The number of H-pyrrole nitrogens is 1. The van der Waals surface area contributed by atoms with Gasteiger partial charge >= 0.3 is 5.97 Å². The molecular formula is C11H11NO3. The van der Waals surface area contributed by atoms with Crippen LogP contribution in [0, 0.1) is 0 Å². The highest BCUT2D eigenvalue weighted by atomic mass is 16.5. The smallest absolute Gasteiger partial charge is 0.341 e. The maximum atomic E-state index is 11.4. The first-order chi connectivity index (χ1) is 7.27. The third-order valence-corrected chi connectivity index (χ3v) is 2.29. The average Bonchev–Trinajstić information content (AvgIpc) is 2.74. The summed E-state index contributed by atoms with van der Waals surface area (Å²) in [4.78, 5) is 14.5. The van der Waals surface area contributed by atoms with Gasteiger partial charge in [-0.15, -0.1) is 0 Å². The fourth-order valence-corrected chi connectivity index (χ4v) is 1.60. The van der Waals surface area contributed by atoms with E-state index in [1.807, 2.05) is 12.1 Å². The number of benzene rings is 1. The molecule has 1 aromatic carbocycles. The standard InChI is InChI=1S/C11H11NO3/c1-14-10-7-5-6-12-9(7)4-3-8(10)11(13)15-2/h3-6,12H,1-2H3. The van der Waals surface area contributed by atoms with E-state index in [4.69, 9.17) is 4.74 Å². The van der Waals surface area contributed by atoms with Crippen molar-refractivity contribution >= 4 is 16.9 Å². The van der Waals surface area contributed by atoms with Gasteiger partial charge in [0.2, 0.25) is 0 Å². The highest BCUT2D eigenvalue weighted by Gasteiger charge is 2.15. The van der Waals surface area contributed by atoms with Crippen molar-refractivity contribution in [2.24, 2.45) is 0 Å². The number of aromatic amines is 1. The number of hydrogen-bond acceptors (Lipinski definition) is 3. The molecule has 4 heteroatoms. The molecule has 0 radical (unpaired) electrons. The second-order valence-corrected chi connectivity index (χ2v) is 3.08. The normalized spacial score (nSPS) is 10.3. The van der Waals surface area contributed by atoms with Crippen molar-refractivity contribution in [3.05, 3.63) is 30.0 Å². The first-order valence-electron chi connectivity index (χ1n) is 4.50. The van der Waals surface area contributed by atoms with E-state index < -0.39 is 5.97 Å². The minimum Gasteiger partial charge on any atom is -0.495 e. The second kappa shape index (κ2) is 3.65. The Morgan fingerprint density at radius 2 is 2.07 bits per heavy atom. The highest BCUT2D eigenvalue weighted by Crippen LogP contribution is 2.29. The molecule has 0 unspecified atom stereocenters. The van der Waals surface area contributed by atoms with Gasteiger partial charge in [-0.2, -0.15) is 0 Å². The Bertz CT molecular complexity index is 502. The zero-order valence-corrected chi connectivity index (χ0v) is 8.53. The molecule has 0 amide bonds. The molecule has 0 saturated heterocycles. The molecule has 1 N–H and O–H groups in total. The number of esters is 1. The summed E-state index contributed by atoms with van der Waals surface area (Å²) in [6.45, 7) is 0. The molecule has 0 saturated carbocycles. The summed E-state index contributed by atoms with van der Waals surface area (Å²) in [5, 5.41) is 0.875. The van der Waals surface area contributed by atoms with E-state index >= 15 is 0 Å². The number of rotatable bonds is 2. The van der Waals surface area contributed by atoms with Crippen LogP contribution in [0.1, 0.15) is 10.4 Å². The van der Waals surface area contributed by atoms with Gasteiger partial charge < -0.3 is 14.5 Å². The number of aromatic nitrogens is 1. The third kappa shape index (κ3) is 1.44. The molecule has 0 aliphatic rings. The van der Waals surface area contributed by atoms with Crippen LogP contribution in [0.4, 0.5) is 0 Å². The Labute approximate surface area is 86.8 Å². The molecule has 78 valence electrons. The largest absolute Gasteiger partial charge is 0.495 e.